The molecule has 0 saturated carbocycles. The van der Waals surface area contributed by atoms with Gasteiger partial charge in [0.2, 0.25) is 5.91 Å². The summed E-state index contributed by atoms with van der Waals surface area (Å²) < 4.78 is 11.0. The van der Waals surface area contributed by atoms with Gasteiger partial charge in [0, 0.05) is 0 Å². The molecule has 1 fully saturated rings. The lowest BCUT2D eigenvalue weighted by molar-refractivity contribution is -0.303. The molecule has 1 heterocycles. The summed E-state index contributed by atoms with van der Waals surface area (Å²) in [5.41, 5.74) is 0. The molecule has 11 nitrogen and oxygen atoms in total. The lowest BCUT2D eigenvalue weighted by Crippen LogP contribution is -2.60. The molecule has 0 aromatic carbocycles. The van der Waals surface area contributed by atoms with Crippen LogP contribution in [-0.2, 0) is 14.3 Å². The number of ether oxygens (including phenoxy) is 2. The minimum Gasteiger partial charge on any atom is -0.394 e. The molecule has 11 heteroatoms. The molecule has 0 radical (unpaired) electrons. The SMILES string of the molecule is CCCCCCCCCCCCCC[C@@H](O)C(=O)N[C@@H](CO[C@@H]1O[C@H](CO)[C@H](O)[C@H](O)[C@H]1O)[C@H](O)[C@H](O)CCCCCCCCCC(C)C. The Balaban J connectivity index is 2.56. The van der Waals surface area contributed by atoms with Crippen LogP contribution in [0.25, 0.3) is 0 Å². The maximum atomic E-state index is 13.0. The van der Waals surface area contributed by atoms with Crippen molar-refractivity contribution in [1.29, 1.82) is 0 Å². The molecule has 8 N–H and O–H groups in total. The van der Waals surface area contributed by atoms with Gasteiger partial charge < -0.3 is 50.5 Å². The minimum atomic E-state index is -1.65. The number of carbonyl (C=O) groups is 1. The van der Waals surface area contributed by atoms with E-state index in [-0.39, 0.29) is 6.42 Å². The first-order chi connectivity index (χ1) is 23.5. The highest BCUT2D eigenvalue weighted by atomic mass is 16.7. The van der Waals surface area contributed by atoms with E-state index in [1.807, 2.05) is 0 Å². The highest BCUT2D eigenvalue weighted by Crippen LogP contribution is 2.23. The van der Waals surface area contributed by atoms with Crippen LogP contribution in [0.5, 0.6) is 0 Å². The maximum absolute atomic E-state index is 13.0. The molecular weight excluding hydrogens is 630 g/mol. The first kappa shape index (κ1) is 46.1. The normalized spacial score (nSPS) is 23.8. The number of amides is 1. The fourth-order valence-electron chi connectivity index (χ4n) is 6.45. The van der Waals surface area contributed by atoms with Crippen LogP contribution in [0.3, 0.4) is 0 Å². The van der Waals surface area contributed by atoms with Gasteiger partial charge in [-0.1, -0.05) is 149 Å². The topological polar surface area (TPSA) is 189 Å². The van der Waals surface area contributed by atoms with E-state index in [9.17, 15) is 40.5 Å². The van der Waals surface area contributed by atoms with Gasteiger partial charge >= 0.3 is 0 Å². The van der Waals surface area contributed by atoms with Gasteiger partial charge in [-0.15, -0.1) is 0 Å². The zero-order chi connectivity index (χ0) is 36.4. The summed E-state index contributed by atoms with van der Waals surface area (Å²) in [5, 5.41) is 75.1. The second-order valence-corrected chi connectivity index (χ2v) is 14.8. The van der Waals surface area contributed by atoms with Crippen molar-refractivity contribution in [2.75, 3.05) is 13.2 Å². The molecule has 0 aromatic rings. The zero-order valence-corrected chi connectivity index (χ0v) is 31.1. The number of nitrogens with one attached hydrogen (secondary N) is 1. The van der Waals surface area contributed by atoms with Crippen molar-refractivity contribution in [3.8, 4) is 0 Å². The predicted molar refractivity (Wildman–Crippen MR) is 192 cm³/mol. The maximum Gasteiger partial charge on any atom is 0.249 e. The first-order valence-corrected chi connectivity index (χ1v) is 19.8. The van der Waals surface area contributed by atoms with Gasteiger partial charge in [-0.25, -0.2) is 0 Å². The number of rotatable bonds is 31. The van der Waals surface area contributed by atoms with Crippen molar-refractivity contribution in [3.05, 3.63) is 0 Å². The van der Waals surface area contributed by atoms with E-state index >= 15 is 0 Å². The smallest absolute Gasteiger partial charge is 0.249 e. The third-order valence-corrected chi connectivity index (χ3v) is 9.84. The quantitative estimate of drug-likeness (QED) is 0.0473. The van der Waals surface area contributed by atoms with E-state index < -0.39 is 74.2 Å². The third kappa shape index (κ3) is 20.7. The van der Waals surface area contributed by atoms with Crippen LogP contribution in [0.4, 0.5) is 0 Å². The molecule has 1 rings (SSSR count). The number of hydrogen-bond acceptors (Lipinski definition) is 10. The van der Waals surface area contributed by atoms with Crippen LogP contribution in [-0.4, -0.2) is 110 Å². The molecule has 0 aromatic heterocycles. The zero-order valence-electron chi connectivity index (χ0n) is 31.1. The van der Waals surface area contributed by atoms with Crippen LogP contribution in [0.2, 0.25) is 0 Å². The van der Waals surface area contributed by atoms with Gasteiger partial charge in [-0.2, -0.15) is 0 Å². The van der Waals surface area contributed by atoms with E-state index in [2.05, 4.69) is 26.1 Å². The van der Waals surface area contributed by atoms with Crippen molar-refractivity contribution >= 4 is 5.91 Å². The molecule has 0 unspecified atom stereocenters. The summed E-state index contributed by atoms with van der Waals surface area (Å²) in [6.45, 7) is 5.65. The first-order valence-electron chi connectivity index (χ1n) is 19.8. The van der Waals surface area contributed by atoms with Gasteiger partial charge in [0.05, 0.1) is 25.4 Å². The summed E-state index contributed by atoms with van der Waals surface area (Å²) in [5.74, 6) is 0.0285. The van der Waals surface area contributed by atoms with E-state index in [1.54, 1.807) is 0 Å². The molecule has 1 amide bonds. The van der Waals surface area contributed by atoms with Crippen LogP contribution >= 0.6 is 0 Å². The van der Waals surface area contributed by atoms with Crippen LogP contribution in [0.15, 0.2) is 0 Å². The highest BCUT2D eigenvalue weighted by molar-refractivity contribution is 5.80. The van der Waals surface area contributed by atoms with Crippen molar-refractivity contribution in [2.45, 2.75) is 217 Å². The molecule has 0 bridgehead atoms. The molecule has 9 atom stereocenters. The van der Waals surface area contributed by atoms with Crippen molar-refractivity contribution in [1.82, 2.24) is 5.32 Å². The number of aliphatic hydroxyl groups is 7. The molecule has 1 saturated heterocycles. The van der Waals surface area contributed by atoms with E-state index in [0.717, 1.165) is 44.4 Å². The van der Waals surface area contributed by atoms with E-state index in [1.165, 1.54) is 77.0 Å². The standard InChI is InChI=1S/C38H75NO10/c1-4-5-6-7-8-9-10-11-12-15-19-22-25-31(42)37(47)39-29(27-48-38-36(46)35(45)34(44)32(26-40)49-38)33(43)30(41)24-21-18-16-13-14-17-20-23-28(2)3/h28-36,38,40-46H,4-27H2,1-3H3,(H,39,47)/t29-,30+,31+,32+,33-,34-,35-,36+,38+/m0/s1. The number of aliphatic hydroxyl groups excluding tert-OH is 7. The summed E-state index contributed by atoms with van der Waals surface area (Å²) in [6, 6.07) is -1.16. The Morgan fingerprint density at radius 3 is 1.63 bits per heavy atom. The molecule has 0 aliphatic carbocycles. The largest absolute Gasteiger partial charge is 0.394 e. The molecular formula is C38H75NO10. The van der Waals surface area contributed by atoms with Crippen LogP contribution < -0.4 is 5.32 Å². The van der Waals surface area contributed by atoms with Crippen molar-refractivity contribution in [2.24, 2.45) is 5.92 Å². The lowest BCUT2D eigenvalue weighted by atomic mass is 9.98. The fourth-order valence-corrected chi connectivity index (χ4v) is 6.45. The molecule has 0 spiro atoms. The Hall–Kier alpha value is -0.890. The Labute approximate surface area is 297 Å². The summed E-state index contributed by atoms with van der Waals surface area (Å²) in [6.07, 6.45) is 11.8. The minimum absolute atomic E-state index is 0.264. The van der Waals surface area contributed by atoms with E-state index in [0.29, 0.717) is 19.3 Å². The number of unbranched alkanes of at least 4 members (excludes halogenated alkanes) is 17. The van der Waals surface area contributed by atoms with Gasteiger partial charge in [-0.05, 0) is 18.8 Å². The summed E-state index contributed by atoms with van der Waals surface area (Å²) in [7, 11) is 0. The molecule has 292 valence electrons. The summed E-state index contributed by atoms with van der Waals surface area (Å²) >= 11 is 0. The number of hydrogen-bond donors (Lipinski definition) is 8. The fraction of sp³-hybridized carbons (Fsp3) is 0.974. The Morgan fingerprint density at radius 1 is 0.673 bits per heavy atom. The van der Waals surface area contributed by atoms with Crippen LogP contribution in [0.1, 0.15) is 162 Å². The van der Waals surface area contributed by atoms with Gasteiger partial charge in [-0.3, -0.25) is 4.79 Å². The van der Waals surface area contributed by atoms with Crippen molar-refractivity contribution < 1.29 is 50.0 Å². The second-order valence-electron chi connectivity index (χ2n) is 14.8. The predicted octanol–water partition coefficient (Wildman–Crippen LogP) is 4.63. The molecule has 49 heavy (non-hydrogen) atoms. The summed E-state index contributed by atoms with van der Waals surface area (Å²) in [4.78, 5) is 13.0. The third-order valence-electron chi connectivity index (χ3n) is 9.84. The van der Waals surface area contributed by atoms with E-state index in [4.69, 9.17) is 9.47 Å². The Morgan fingerprint density at radius 2 is 1.14 bits per heavy atom. The van der Waals surface area contributed by atoms with Crippen molar-refractivity contribution in [3.63, 3.8) is 0 Å². The van der Waals surface area contributed by atoms with Gasteiger partial charge in [0.15, 0.2) is 6.29 Å². The molecule has 1 aliphatic heterocycles. The monoisotopic (exact) mass is 706 g/mol. The second kappa shape index (κ2) is 28.7. The lowest BCUT2D eigenvalue weighted by Gasteiger charge is -2.40. The highest BCUT2D eigenvalue weighted by Gasteiger charge is 2.44. The Bertz CT molecular complexity index is 788. The average Bonchev–Trinajstić information content (AvgIpc) is 3.08. The van der Waals surface area contributed by atoms with Gasteiger partial charge in [0.1, 0.15) is 36.6 Å². The number of carbonyl (C=O) groups excluding carboxylic acids is 1. The average molecular weight is 706 g/mol. The van der Waals surface area contributed by atoms with Crippen LogP contribution in [0, 0.1) is 5.92 Å². The Kier molecular flexibility index (Phi) is 27.0. The molecule has 1 aliphatic rings. The van der Waals surface area contributed by atoms with Gasteiger partial charge in [0.25, 0.3) is 0 Å².